The van der Waals surface area contributed by atoms with E-state index in [0.717, 1.165) is 72.6 Å². The number of carboxylic acids is 1. The number of benzene rings is 2. The Balaban J connectivity index is 1.58. The molecule has 0 bridgehead atoms. The lowest BCUT2D eigenvalue weighted by Crippen LogP contribution is -2.27. The van der Waals surface area contributed by atoms with E-state index < -0.39 is 5.97 Å². The van der Waals surface area contributed by atoms with E-state index in [2.05, 4.69) is 67.7 Å². The molecule has 3 aromatic rings. The Morgan fingerprint density at radius 2 is 1.50 bits per heavy atom. The Kier molecular flexibility index (Phi) is 6.84. The van der Waals surface area contributed by atoms with Crippen molar-refractivity contribution in [1.29, 1.82) is 0 Å². The lowest BCUT2D eigenvalue weighted by molar-refractivity contribution is -0.137. The van der Waals surface area contributed by atoms with E-state index in [0.29, 0.717) is 6.04 Å². The molecule has 0 saturated heterocycles. The van der Waals surface area contributed by atoms with Crippen LogP contribution in [-0.2, 0) is 11.2 Å². The second kappa shape index (κ2) is 9.94. The number of nitrogens with zero attached hydrogens (tertiary/aromatic N) is 2. The predicted octanol–water partition coefficient (Wildman–Crippen LogP) is 6.19. The van der Waals surface area contributed by atoms with Gasteiger partial charge in [0, 0.05) is 23.6 Å². The van der Waals surface area contributed by atoms with Gasteiger partial charge in [0.25, 0.3) is 0 Å². The number of fused-ring (bicyclic) bond motifs is 1. The number of aryl methyl sites for hydroxylation is 3. The molecule has 0 spiro atoms. The molecule has 2 N–H and O–H groups in total. The van der Waals surface area contributed by atoms with Crippen molar-refractivity contribution < 1.29 is 9.90 Å². The van der Waals surface area contributed by atoms with Gasteiger partial charge in [0.05, 0.1) is 17.1 Å². The molecule has 0 unspecified atom stereocenters. The zero-order valence-corrected chi connectivity index (χ0v) is 18.9. The van der Waals surface area contributed by atoms with Gasteiger partial charge in [0.1, 0.15) is 5.82 Å². The third kappa shape index (κ3) is 5.34. The smallest absolute Gasteiger partial charge is 0.303 e. The first-order chi connectivity index (χ1) is 15.5. The highest BCUT2D eigenvalue weighted by atomic mass is 16.4. The first-order valence-corrected chi connectivity index (χ1v) is 11.5. The summed E-state index contributed by atoms with van der Waals surface area (Å²) in [5.74, 6) is 0.177. The SMILES string of the molecule is Cc1ccc(-c2nc3c(nc2-c2ccc(C)cc2)N[C@@H](CCCCCC(=O)O)CC3)cc1. The van der Waals surface area contributed by atoms with E-state index in [1.54, 1.807) is 0 Å². The number of anilines is 1. The molecule has 166 valence electrons. The number of unbranched alkanes of at least 4 members (excludes halogenated alkanes) is 2. The summed E-state index contributed by atoms with van der Waals surface area (Å²) in [6.45, 7) is 4.18. The van der Waals surface area contributed by atoms with E-state index in [9.17, 15) is 4.79 Å². The number of hydrogen-bond donors (Lipinski definition) is 2. The summed E-state index contributed by atoms with van der Waals surface area (Å²) >= 11 is 0. The van der Waals surface area contributed by atoms with Crippen LogP contribution >= 0.6 is 0 Å². The molecule has 1 aliphatic heterocycles. The van der Waals surface area contributed by atoms with Crippen LogP contribution in [0, 0.1) is 13.8 Å². The molecule has 1 aliphatic rings. The van der Waals surface area contributed by atoms with Crippen molar-refractivity contribution in [2.24, 2.45) is 0 Å². The molecule has 1 atom stereocenters. The molecule has 32 heavy (non-hydrogen) atoms. The van der Waals surface area contributed by atoms with Crippen molar-refractivity contribution in [2.45, 2.75) is 64.8 Å². The van der Waals surface area contributed by atoms with Gasteiger partial charge in [-0.2, -0.15) is 0 Å². The minimum absolute atomic E-state index is 0.258. The van der Waals surface area contributed by atoms with Gasteiger partial charge in [-0.3, -0.25) is 4.79 Å². The predicted molar refractivity (Wildman–Crippen MR) is 129 cm³/mol. The lowest BCUT2D eigenvalue weighted by Gasteiger charge is -2.27. The summed E-state index contributed by atoms with van der Waals surface area (Å²) in [6.07, 6.45) is 5.94. The van der Waals surface area contributed by atoms with Gasteiger partial charge in [-0.05, 0) is 39.5 Å². The molecule has 0 amide bonds. The minimum atomic E-state index is -0.710. The van der Waals surface area contributed by atoms with Crippen LogP contribution in [0.4, 0.5) is 5.82 Å². The molecule has 5 heteroatoms. The fourth-order valence-corrected chi connectivity index (χ4v) is 4.22. The first-order valence-electron chi connectivity index (χ1n) is 11.5. The second-order valence-electron chi connectivity index (χ2n) is 8.82. The van der Waals surface area contributed by atoms with Gasteiger partial charge in [-0.25, -0.2) is 9.97 Å². The average Bonchev–Trinajstić information content (AvgIpc) is 2.79. The Bertz CT molecular complexity index is 1080. The highest BCUT2D eigenvalue weighted by Crippen LogP contribution is 2.34. The molecule has 2 heterocycles. The van der Waals surface area contributed by atoms with Gasteiger partial charge in [0.2, 0.25) is 0 Å². The van der Waals surface area contributed by atoms with Crippen molar-refractivity contribution >= 4 is 11.8 Å². The number of nitrogens with one attached hydrogen (secondary N) is 1. The summed E-state index contributed by atoms with van der Waals surface area (Å²) in [4.78, 5) is 20.9. The number of hydrogen-bond acceptors (Lipinski definition) is 4. The molecule has 0 saturated carbocycles. The highest BCUT2D eigenvalue weighted by molar-refractivity contribution is 5.79. The van der Waals surface area contributed by atoms with Crippen LogP contribution in [-0.4, -0.2) is 27.1 Å². The van der Waals surface area contributed by atoms with Crippen LogP contribution in [0.3, 0.4) is 0 Å². The maximum Gasteiger partial charge on any atom is 0.303 e. The molecular weight excluding hydrogens is 398 g/mol. The van der Waals surface area contributed by atoms with Crippen LogP contribution in [0.5, 0.6) is 0 Å². The zero-order valence-electron chi connectivity index (χ0n) is 18.9. The van der Waals surface area contributed by atoms with E-state index in [-0.39, 0.29) is 6.42 Å². The van der Waals surface area contributed by atoms with Gasteiger partial charge < -0.3 is 10.4 Å². The van der Waals surface area contributed by atoms with Gasteiger partial charge in [-0.15, -0.1) is 0 Å². The van der Waals surface area contributed by atoms with Gasteiger partial charge in [-0.1, -0.05) is 72.5 Å². The molecule has 1 aromatic heterocycles. The quantitative estimate of drug-likeness (QED) is 0.418. The Morgan fingerprint density at radius 1 is 0.906 bits per heavy atom. The Labute approximate surface area is 189 Å². The second-order valence-corrected chi connectivity index (χ2v) is 8.82. The first kappa shape index (κ1) is 22.0. The van der Waals surface area contributed by atoms with E-state index in [1.807, 2.05) is 0 Å². The monoisotopic (exact) mass is 429 g/mol. The van der Waals surface area contributed by atoms with Crippen LogP contribution in [0.2, 0.25) is 0 Å². The fraction of sp³-hybridized carbons (Fsp3) is 0.370. The summed E-state index contributed by atoms with van der Waals surface area (Å²) in [5, 5.41) is 12.4. The third-order valence-corrected chi connectivity index (χ3v) is 6.13. The molecule has 0 aliphatic carbocycles. The Morgan fingerprint density at radius 3 is 2.09 bits per heavy atom. The lowest BCUT2D eigenvalue weighted by atomic mass is 9.97. The summed E-state index contributed by atoms with van der Waals surface area (Å²) in [5.41, 5.74) is 7.46. The Hall–Kier alpha value is -3.21. The largest absolute Gasteiger partial charge is 0.481 e. The topological polar surface area (TPSA) is 75.1 Å². The van der Waals surface area contributed by atoms with Crippen LogP contribution in [0.15, 0.2) is 48.5 Å². The van der Waals surface area contributed by atoms with Crippen molar-refractivity contribution in [1.82, 2.24) is 9.97 Å². The maximum atomic E-state index is 10.7. The normalized spacial score (nSPS) is 15.1. The van der Waals surface area contributed by atoms with Crippen LogP contribution in [0.25, 0.3) is 22.5 Å². The molecule has 2 aromatic carbocycles. The van der Waals surface area contributed by atoms with Crippen LogP contribution in [0.1, 0.15) is 55.3 Å². The van der Waals surface area contributed by atoms with Gasteiger partial charge >= 0.3 is 5.97 Å². The fourth-order valence-electron chi connectivity index (χ4n) is 4.22. The average molecular weight is 430 g/mol. The summed E-state index contributed by atoms with van der Waals surface area (Å²) in [6, 6.07) is 17.3. The summed E-state index contributed by atoms with van der Waals surface area (Å²) < 4.78 is 0. The summed E-state index contributed by atoms with van der Waals surface area (Å²) in [7, 11) is 0. The molecular formula is C27H31N3O2. The van der Waals surface area contributed by atoms with Crippen LogP contribution < -0.4 is 5.32 Å². The maximum absolute atomic E-state index is 10.7. The number of carboxylic acid groups (broad SMARTS) is 1. The number of aromatic nitrogens is 2. The molecule has 5 nitrogen and oxygen atoms in total. The van der Waals surface area contributed by atoms with Crippen molar-refractivity contribution in [3.05, 3.63) is 65.4 Å². The van der Waals surface area contributed by atoms with E-state index >= 15 is 0 Å². The number of aliphatic carboxylic acids is 1. The van der Waals surface area contributed by atoms with Crippen molar-refractivity contribution in [3.8, 4) is 22.5 Å². The zero-order chi connectivity index (χ0) is 22.5. The van der Waals surface area contributed by atoms with Crippen molar-refractivity contribution in [3.63, 3.8) is 0 Å². The van der Waals surface area contributed by atoms with Gasteiger partial charge in [0.15, 0.2) is 0 Å². The minimum Gasteiger partial charge on any atom is -0.481 e. The van der Waals surface area contributed by atoms with E-state index in [4.69, 9.17) is 15.1 Å². The molecule has 0 radical (unpaired) electrons. The van der Waals surface area contributed by atoms with E-state index in [1.165, 1.54) is 11.1 Å². The molecule has 0 fully saturated rings. The highest BCUT2D eigenvalue weighted by Gasteiger charge is 2.23. The standard InChI is InChI=1S/C27H31N3O2/c1-18-8-12-20(13-9-18)25-26(21-14-10-19(2)11-15-21)30-27-23(29-25)17-16-22(28-27)6-4-3-5-7-24(31)32/h8-15,22H,3-7,16-17H2,1-2H3,(H,28,30)(H,31,32)/t22-/m0/s1. The third-order valence-electron chi connectivity index (χ3n) is 6.13. The number of carbonyl (C=O) groups is 1. The van der Waals surface area contributed by atoms with Crippen molar-refractivity contribution in [2.75, 3.05) is 5.32 Å². The molecule has 4 rings (SSSR count). The number of rotatable bonds is 8.